The number of fused-ring (bicyclic) bond motifs is 2. The van der Waals surface area contributed by atoms with E-state index in [1.54, 1.807) is 0 Å². The van der Waals surface area contributed by atoms with Crippen molar-refractivity contribution in [1.82, 2.24) is 39.3 Å². The predicted molar refractivity (Wildman–Crippen MR) is 125 cm³/mol. The molecule has 4 aromatic heterocycles. The number of aromatic nitrogens is 8. The third-order valence-electron chi connectivity index (χ3n) is 7.42. The molecule has 0 aromatic carbocycles. The van der Waals surface area contributed by atoms with Gasteiger partial charge in [0.2, 0.25) is 0 Å². The van der Waals surface area contributed by atoms with Crippen LogP contribution >= 0.6 is 0 Å². The fourth-order valence-corrected chi connectivity index (χ4v) is 5.18. The summed E-state index contributed by atoms with van der Waals surface area (Å²) >= 11 is 0. The molecule has 1 aliphatic carbocycles. The summed E-state index contributed by atoms with van der Waals surface area (Å²) in [6, 6.07) is 0.571. The number of ether oxygens (including phenoxy) is 1. The Kier molecular flexibility index (Phi) is 4.55. The molecule has 4 aromatic rings. The van der Waals surface area contributed by atoms with Gasteiger partial charge in [0.25, 0.3) is 0 Å². The van der Waals surface area contributed by atoms with Crippen molar-refractivity contribution in [3.8, 4) is 11.4 Å². The van der Waals surface area contributed by atoms with Gasteiger partial charge in [0, 0.05) is 43.4 Å². The van der Waals surface area contributed by atoms with E-state index in [0.29, 0.717) is 18.3 Å². The average molecular weight is 457 g/mol. The maximum Gasteiger partial charge on any atom is 0.182 e. The maximum atomic E-state index is 6.16. The van der Waals surface area contributed by atoms with Crippen molar-refractivity contribution in [2.45, 2.75) is 77.0 Å². The highest BCUT2D eigenvalue weighted by Crippen LogP contribution is 2.39. The zero-order chi connectivity index (χ0) is 22.8. The zero-order valence-corrected chi connectivity index (χ0v) is 19.6. The minimum Gasteiger partial charge on any atom is -0.373 e. The Bertz CT molecular complexity index is 1380. The quantitative estimate of drug-likeness (QED) is 0.458. The number of hydrogen-bond acceptors (Lipinski definition) is 7. The van der Waals surface area contributed by atoms with Crippen LogP contribution in [0.25, 0.3) is 22.6 Å². The molecule has 2 aliphatic heterocycles. The van der Waals surface area contributed by atoms with Gasteiger partial charge in [0.05, 0.1) is 29.7 Å². The molecule has 9 heteroatoms. The molecule has 0 radical (unpaired) electrons. The van der Waals surface area contributed by atoms with Crippen LogP contribution in [0.5, 0.6) is 0 Å². The Morgan fingerprint density at radius 3 is 2.71 bits per heavy atom. The second-order valence-corrected chi connectivity index (χ2v) is 9.90. The Hall–Kier alpha value is -3.20. The first-order valence-corrected chi connectivity index (χ1v) is 12.4. The molecule has 34 heavy (non-hydrogen) atoms. The third-order valence-corrected chi connectivity index (χ3v) is 7.42. The molecule has 0 N–H and O–H groups in total. The summed E-state index contributed by atoms with van der Waals surface area (Å²) in [5, 5.41) is 4.56. The smallest absolute Gasteiger partial charge is 0.182 e. The van der Waals surface area contributed by atoms with E-state index in [1.165, 1.54) is 12.8 Å². The molecule has 2 fully saturated rings. The second kappa shape index (κ2) is 7.66. The highest BCUT2D eigenvalue weighted by atomic mass is 16.5. The largest absolute Gasteiger partial charge is 0.373 e. The molecule has 2 atom stereocenters. The van der Waals surface area contributed by atoms with Crippen LogP contribution in [0.1, 0.15) is 78.8 Å². The molecule has 0 amide bonds. The van der Waals surface area contributed by atoms with Crippen LogP contribution in [0.15, 0.2) is 18.6 Å². The topological polar surface area (TPSA) is 96.4 Å². The first-order chi connectivity index (χ1) is 16.6. The van der Waals surface area contributed by atoms with Crippen LogP contribution in [-0.4, -0.2) is 45.9 Å². The normalized spacial score (nSPS) is 22.4. The molecule has 3 aliphatic rings. The van der Waals surface area contributed by atoms with Crippen LogP contribution in [0.2, 0.25) is 0 Å². The molecule has 1 saturated carbocycles. The van der Waals surface area contributed by atoms with E-state index in [0.717, 1.165) is 77.7 Å². The lowest BCUT2D eigenvalue weighted by molar-refractivity contribution is 0.00396. The molecular weight excluding hydrogens is 428 g/mol. The lowest BCUT2D eigenvalue weighted by atomic mass is 9.92. The van der Waals surface area contributed by atoms with Gasteiger partial charge >= 0.3 is 0 Å². The molecular formula is C25H28N8O. The van der Waals surface area contributed by atoms with E-state index >= 15 is 0 Å². The van der Waals surface area contributed by atoms with Crippen molar-refractivity contribution >= 4 is 11.2 Å². The molecule has 1 saturated heterocycles. The van der Waals surface area contributed by atoms with Crippen LogP contribution < -0.4 is 0 Å². The average Bonchev–Trinajstić information content (AvgIpc) is 3.22. The first kappa shape index (κ1) is 20.2. The number of rotatable bonds is 4. The minimum absolute atomic E-state index is 0.0104. The maximum absolute atomic E-state index is 6.16. The van der Waals surface area contributed by atoms with E-state index in [2.05, 4.69) is 26.7 Å². The fourth-order valence-electron chi connectivity index (χ4n) is 5.18. The number of nitrogens with zero attached hydrogens (tertiary/aromatic N) is 8. The first-order valence-electron chi connectivity index (χ1n) is 12.4. The molecule has 6 heterocycles. The minimum atomic E-state index is 0.0104. The fraction of sp³-hybridized carbons (Fsp3) is 0.520. The summed E-state index contributed by atoms with van der Waals surface area (Å²) in [6.07, 6.45) is 12.6. The molecule has 174 valence electrons. The number of aryl methyl sites for hydroxylation is 4. The standard InChI is InChI=1S/C25H28N8O/c1-14-15(2)28-25-23(27-14)22(19-13-32-8-3-4-21(32)29-19)30-24(31-25)16-7-9-34-20(10-16)17-11-26-33(12-17)18-5-6-18/h11-13,16,18,20H,3-10H2,1-2H3/t16-,20+/m0/s1. The van der Waals surface area contributed by atoms with E-state index in [4.69, 9.17) is 29.7 Å². The SMILES string of the molecule is Cc1nc2nc([C@H]3CCO[C@@H](c4cnn(C5CC5)c4)C3)nc(-c3cn4c(n3)CCC4)c2nc1C. The van der Waals surface area contributed by atoms with Gasteiger partial charge in [-0.15, -0.1) is 0 Å². The van der Waals surface area contributed by atoms with Crippen molar-refractivity contribution in [3.63, 3.8) is 0 Å². The predicted octanol–water partition coefficient (Wildman–Crippen LogP) is 4.01. The van der Waals surface area contributed by atoms with Crippen LogP contribution in [-0.2, 0) is 17.7 Å². The lowest BCUT2D eigenvalue weighted by Crippen LogP contribution is -2.20. The Morgan fingerprint density at radius 1 is 0.971 bits per heavy atom. The van der Waals surface area contributed by atoms with Gasteiger partial charge in [-0.05, 0) is 46.0 Å². The van der Waals surface area contributed by atoms with Gasteiger partial charge in [-0.1, -0.05) is 0 Å². The van der Waals surface area contributed by atoms with Gasteiger partial charge < -0.3 is 9.30 Å². The lowest BCUT2D eigenvalue weighted by Gasteiger charge is -2.28. The summed E-state index contributed by atoms with van der Waals surface area (Å²) in [5.74, 6) is 2.12. The van der Waals surface area contributed by atoms with Gasteiger partial charge in [0.15, 0.2) is 5.65 Å². The Morgan fingerprint density at radius 2 is 1.85 bits per heavy atom. The van der Waals surface area contributed by atoms with E-state index in [1.807, 2.05) is 20.0 Å². The van der Waals surface area contributed by atoms with Crippen LogP contribution in [0.4, 0.5) is 0 Å². The van der Waals surface area contributed by atoms with E-state index in [9.17, 15) is 0 Å². The zero-order valence-electron chi connectivity index (χ0n) is 19.6. The molecule has 0 spiro atoms. The monoisotopic (exact) mass is 456 g/mol. The summed E-state index contributed by atoms with van der Waals surface area (Å²) in [7, 11) is 0. The van der Waals surface area contributed by atoms with Crippen LogP contribution in [0, 0.1) is 13.8 Å². The number of hydrogen-bond donors (Lipinski definition) is 0. The Balaban J connectivity index is 1.28. The number of imidazole rings is 1. The van der Waals surface area contributed by atoms with Crippen molar-refractivity contribution in [3.05, 3.63) is 47.2 Å². The molecule has 9 nitrogen and oxygen atoms in total. The van der Waals surface area contributed by atoms with Gasteiger partial charge in [-0.25, -0.2) is 24.9 Å². The summed E-state index contributed by atoms with van der Waals surface area (Å²) in [6.45, 7) is 5.66. The highest BCUT2D eigenvalue weighted by molar-refractivity contribution is 5.85. The third kappa shape index (κ3) is 3.41. The Labute approximate surface area is 197 Å². The summed E-state index contributed by atoms with van der Waals surface area (Å²) in [4.78, 5) is 24.5. The van der Waals surface area contributed by atoms with Crippen molar-refractivity contribution in [2.75, 3.05) is 6.61 Å². The van der Waals surface area contributed by atoms with Gasteiger partial charge in [-0.2, -0.15) is 5.10 Å². The molecule has 0 bridgehead atoms. The van der Waals surface area contributed by atoms with Crippen LogP contribution in [0.3, 0.4) is 0 Å². The second-order valence-electron chi connectivity index (χ2n) is 9.90. The molecule has 7 rings (SSSR count). The highest BCUT2D eigenvalue weighted by Gasteiger charge is 2.31. The van der Waals surface area contributed by atoms with Gasteiger partial charge in [0.1, 0.15) is 28.6 Å². The summed E-state index contributed by atoms with van der Waals surface area (Å²) < 4.78 is 10.5. The van der Waals surface area contributed by atoms with Crippen molar-refractivity contribution in [2.24, 2.45) is 0 Å². The van der Waals surface area contributed by atoms with E-state index < -0.39 is 0 Å². The van der Waals surface area contributed by atoms with E-state index in [-0.39, 0.29) is 12.0 Å². The van der Waals surface area contributed by atoms with Crippen molar-refractivity contribution in [1.29, 1.82) is 0 Å². The van der Waals surface area contributed by atoms with Crippen molar-refractivity contribution < 1.29 is 4.74 Å². The van der Waals surface area contributed by atoms with Gasteiger partial charge in [-0.3, -0.25) is 4.68 Å². The summed E-state index contributed by atoms with van der Waals surface area (Å²) in [5.41, 5.74) is 5.99. The molecule has 0 unspecified atom stereocenters.